The summed E-state index contributed by atoms with van der Waals surface area (Å²) in [5, 5.41) is 3.15. The monoisotopic (exact) mass is 284 g/mol. The van der Waals surface area contributed by atoms with Crippen molar-refractivity contribution in [3.8, 4) is 11.5 Å². The van der Waals surface area contributed by atoms with Crippen molar-refractivity contribution < 1.29 is 0 Å². The fraction of sp³-hybridized carbons (Fsp3) is 0. The molecule has 0 saturated carbocycles. The van der Waals surface area contributed by atoms with Crippen LogP contribution in [0.25, 0.3) is 11.5 Å². The van der Waals surface area contributed by atoms with Gasteiger partial charge in [-0.1, -0.05) is 6.07 Å². The van der Waals surface area contributed by atoms with Crippen molar-refractivity contribution >= 4 is 23.2 Å². The Kier molecular flexibility index (Phi) is 3.47. The zero-order chi connectivity index (χ0) is 13.8. The Bertz CT molecular complexity index is 705. The molecule has 7 heteroatoms. The Morgan fingerprint density at radius 2 is 1.75 bits per heavy atom. The predicted molar refractivity (Wildman–Crippen MR) is 75.6 cm³/mol. The van der Waals surface area contributed by atoms with E-state index in [1.807, 2.05) is 18.2 Å². The third kappa shape index (κ3) is 2.86. The van der Waals surface area contributed by atoms with E-state index in [2.05, 4.69) is 30.2 Å². The number of halogens is 1. The van der Waals surface area contributed by atoms with Gasteiger partial charge in [-0.15, -0.1) is 0 Å². The summed E-state index contributed by atoms with van der Waals surface area (Å²) in [6.07, 6.45) is 5.01. The lowest BCUT2D eigenvalue weighted by molar-refractivity contribution is 1.05. The van der Waals surface area contributed by atoms with Crippen molar-refractivity contribution in [1.82, 2.24) is 24.9 Å². The number of pyridine rings is 2. The molecule has 98 valence electrons. The van der Waals surface area contributed by atoms with Gasteiger partial charge >= 0.3 is 0 Å². The van der Waals surface area contributed by atoms with E-state index in [9.17, 15) is 0 Å². The summed E-state index contributed by atoms with van der Waals surface area (Å²) in [5.74, 6) is 0.777. The number of anilines is 2. The lowest BCUT2D eigenvalue weighted by atomic mass is 10.3. The standard InChI is InChI=1S/C13H9ClN6/c14-12-18-11(10-3-1-2-6-16-10)19-13(20-12)17-9-4-7-15-8-5-9/h1-8H,(H,15,17,18,19,20). The molecule has 3 aromatic rings. The number of nitrogens with zero attached hydrogens (tertiary/aromatic N) is 5. The number of rotatable bonds is 3. The van der Waals surface area contributed by atoms with Gasteiger partial charge in [0.05, 0.1) is 0 Å². The molecular weight excluding hydrogens is 276 g/mol. The second-order valence-corrected chi connectivity index (χ2v) is 4.17. The van der Waals surface area contributed by atoms with Crippen molar-refractivity contribution in [2.45, 2.75) is 0 Å². The zero-order valence-corrected chi connectivity index (χ0v) is 11.0. The molecule has 0 spiro atoms. The molecule has 6 nitrogen and oxygen atoms in total. The maximum Gasteiger partial charge on any atom is 0.232 e. The van der Waals surface area contributed by atoms with Crippen molar-refractivity contribution in [3.05, 3.63) is 54.2 Å². The SMILES string of the molecule is Clc1nc(Nc2ccncc2)nc(-c2ccccn2)n1. The average Bonchev–Trinajstić information content (AvgIpc) is 2.49. The summed E-state index contributed by atoms with van der Waals surface area (Å²) in [5.41, 5.74) is 1.45. The molecule has 0 saturated heterocycles. The fourth-order valence-corrected chi connectivity index (χ4v) is 1.74. The molecule has 0 atom stereocenters. The van der Waals surface area contributed by atoms with Crippen LogP contribution >= 0.6 is 11.6 Å². The molecule has 0 unspecified atom stereocenters. The molecular formula is C13H9ClN6. The Morgan fingerprint density at radius 1 is 0.900 bits per heavy atom. The Balaban J connectivity index is 1.95. The first-order valence-electron chi connectivity index (χ1n) is 5.81. The van der Waals surface area contributed by atoms with E-state index in [-0.39, 0.29) is 5.28 Å². The zero-order valence-electron chi connectivity index (χ0n) is 10.2. The summed E-state index contributed by atoms with van der Waals surface area (Å²) in [7, 11) is 0. The van der Waals surface area contributed by atoms with Crippen LogP contribution in [0.1, 0.15) is 0 Å². The third-order valence-electron chi connectivity index (χ3n) is 2.44. The molecule has 0 amide bonds. The number of hydrogen-bond donors (Lipinski definition) is 1. The average molecular weight is 285 g/mol. The Morgan fingerprint density at radius 3 is 2.50 bits per heavy atom. The Hall–Kier alpha value is -2.60. The minimum Gasteiger partial charge on any atom is -0.324 e. The molecule has 1 N–H and O–H groups in total. The van der Waals surface area contributed by atoms with Crippen LogP contribution in [0, 0.1) is 0 Å². The quantitative estimate of drug-likeness (QED) is 0.797. The van der Waals surface area contributed by atoms with Gasteiger partial charge in [0.25, 0.3) is 0 Å². The highest BCUT2D eigenvalue weighted by atomic mass is 35.5. The van der Waals surface area contributed by atoms with Gasteiger partial charge in [-0.05, 0) is 35.9 Å². The van der Waals surface area contributed by atoms with Gasteiger partial charge in [-0.2, -0.15) is 15.0 Å². The second-order valence-electron chi connectivity index (χ2n) is 3.83. The molecule has 20 heavy (non-hydrogen) atoms. The molecule has 0 radical (unpaired) electrons. The maximum atomic E-state index is 5.92. The highest BCUT2D eigenvalue weighted by molar-refractivity contribution is 6.28. The van der Waals surface area contributed by atoms with Crippen LogP contribution in [-0.2, 0) is 0 Å². The molecule has 0 aromatic carbocycles. The van der Waals surface area contributed by atoms with Crippen LogP contribution < -0.4 is 5.32 Å². The second kappa shape index (κ2) is 5.58. The summed E-state index contributed by atoms with van der Waals surface area (Å²) in [6, 6.07) is 9.09. The van der Waals surface area contributed by atoms with E-state index in [4.69, 9.17) is 11.6 Å². The normalized spacial score (nSPS) is 10.2. The molecule has 3 aromatic heterocycles. The molecule has 0 aliphatic carbocycles. The van der Waals surface area contributed by atoms with Crippen molar-refractivity contribution in [1.29, 1.82) is 0 Å². The summed E-state index contributed by atoms with van der Waals surface area (Å²) in [4.78, 5) is 20.5. The van der Waals surface area contributed by atoms with Crippen LogP contribution in [0.4, 0.5) is 11.6 Å². The van der Waals surface area contributed by atoms with Crippen molar-refractivity contribution in [2.75, 3.05) is 5.32 Å². The van der Waals surface area contributed by atoms with Crippen molar-refractivity contribution in [2.24, 2.45) is 0 Å². The Labute approximate surface area is 119 Å². The lowest BCUT2D eigenvalue weighted by Crippen LogP contribution is -2.02. The van der Waals surface area contributed by atoms with E-state index in [0.717, 1.165) is 5.69 Å². The molecule has 0 bridgehead atoms. The van der Waals surface area contributed by atoms with Gasteiger partial charge in [-0.3, -0.25) is 9.97 Å². The first-order valence-corrected chi connectivity index (χ1v) is 6.19. The van der Waals surface area contributed by atoms with E-state index in [0.29, 0.717) is 17.5 Å². The molecule has 0 fully saturated rings. The topological polar surface area (TPSA) is 76.5 Å². The number of nitrogens with one attached hydrogen (secondary N) is 1. The minimum absolute atomic E-state index is 0.109. The van der Waals surface area contributed by atoms with E-state index in [1.165, 1.54) is 0 Å². The molecule has 3 heterocycles. The molecule has 0 aliphatic heterocycles. The predicted octanol–water partition coefficient (Wildman–Crippen LogP) is 2.73. The fourth-order valence-electron chi connectivity index (χ4n) is 1.58. The van der Waals surface area contributed by atoms with E-state index >= 15 is 0 Å². The molecule has 0 aliphatic rings. The van der Waals surface area contributed by atoms with Crippen molar-refractivity contribution in [3.63, 3.8) is 0 Å². The van der Waals surface area contributed by atoms with Gasteiger partial charge in [0.2, 0.25) is 11.2 Å². The lowest BCUT2D eigenvalue weighted by Gasteiger charge is -2.06. The van der Waals surface area contributed by atoms with Gasteiger partial charge in [0, 0.05) is 24.3 Å². The summed E-state index contributed by atoms with van der Waals surface area (Å²) < 4.78 is 0. The first kappa shape index (κ1) is 12.4. The molecule has 3 rings (SSSR count). The van der Waals surface area contributed by atoms with Crippen LogP contribution in [0.3, 0.4) is 0 Å². The van der Waals surface area contributed by atoms with Crippen LogP contribution in [-0.4, -0.2) is 24.9 Å². The maximum absolute atomic E-state index is 5.92. The smallest absolute Gasteiger partial charge is 0.232 e. The van der Waals surface area contributed by atoms with Gasteiger partial charge in [0.15, 0.2) is 5.82 Å². The van der Waals surface area contributed by atoms with Crippen LogP contribution in [0.5, 0.6) is 0 Å². The van der Waals surface area contributed by atoms with E-state index < -0.39 is 0 Å². The van der Waals surface area contributed by atoms with E-state index in [1.54, 1.807) is 30.7 Å². The highest BCUT2D eigenvalue weighted by Gasteiger charge is 2.08. The number of aromatic nitrogens is 5. The first-order chi connectivity index (χ1) is 9.81. The van der Waals surface area contributed by atoms with Gasteiger partial charge < -0.3 is 5.32 Å². The summed E-state index contributed by atoms with van der Waals surface area (Å²) in [6.45, 7) is 0. The van der Waals surface area contributed by atoms with Crippen LogP contribution in [0.2, 0.25) is 5.28 Å². The summed E-state index contributed by atoms with van der Waals surface area (Å²) >= 11 is 5.92. The van der Waals surface area contributed by atoms with Gasteiger partial charge in [-0.25, -0.2) is 0 Å². The third-order valence-corrected chi connectivity index (χ3v) is 2.61. The minimum atomic E-state index is 0.109. The largest absolute Gasteiger partial charge is 0.324 e. The van der Waals surface area contributed by atoms with Crippen LogP contribution in [0.15, 0.2) is 48.9 Å². The highest BCUT2D eigenvalue weighted by Crippen LogP contribution is 2.17. The van der Waals surface area contributed by atoms with Gasteiger partial charge in [0.1, 0.15) is 5.69 Å². The number of hydrogen-bond acceptors (Lipinski definition) is 6.